The molecule has 0 radical (unpaired) electrons. The molecular formula is C9H6ClFN4O2. The van der Waals surface area contributed by atoms with E-state index in [2.05, 4.69) is 10.3 Å². The molecule has 0 atom stereocenters. The Kier molecular flexibility index (Phi) is 3.01. The molecule has 1 heterocycles. The van der Waals surface area contributed by atoms with Crippen LogP contribution in [0.25, 0.3) is 5.69 Å². The summed E-state index contributed by atoms with van der Waals surface area (Å²) in [4.78, 5) is 9.65. The summed E-state index contributed by atoms with van der Waals surface area (Å²) in [5.74, 6) is -0.731. The highest BCUT2D eigenvalue weighted by molar-refractivity contribution is 6.16. The van der Waals surface area contributed by atoms with Crippen LogP contribution in [0, 0.1) is 15.9 Å². The van der Waals surface area contributed by atoms with Crippen molar-refractivity contribution in [1.29, 1.82) is 0 Å². The molecule has 0 unspecified atom stereocenters. The minimum Gasteiger partial charge on any atom is -0.258 e. The quantitative estimate of drug-likeness (QED) is 0.479. The van der Waals surface area contributed by atoms with Crippen molar-refractivity contribution in [2.45, 2.75) is 5.88 Å². The minimum atomic E-state index is -0.921. The fraction of sp³-hybridized carbons (Fsp3) is 0.111. The van der Waals surface area contributed by atoms with Gasteiger partial charge in [-0.15, -0.1) is 16.7 Å². The van der Waals surface area contributed by atoms with Crippen LogP contribution in [0.5, 0.6) is 0 Å². The Morgan fingerprint density at radius 2 is 2.29 bits per heavy atom. The van der Waals surface area contributed by atoms with Crippen LogP contribution < -0.4 is 0 Å². The number of halogens is 2. The lowest BCUT2D eigenvalue weighted by molar-refractivity contribution is -0.387. The standard InChI is InChI=1S/C9H6ClFN4O2/c10-4-6-5-14(13-12-6)7-1-2-9(15(16)17)8(11)3-7/h1-3,5H,4H2. The lowest BCUT2D eigenvalue weighted by Gasteiger charge is -2.00. The minimum absolute atomic E-state index is 0.190. The first-order valence-corrected chi connectivity index (χ1v) is 5.07. The summed E-state index contributed by atoms with van der Waals surface area (Å²) < 4.78 is 14.6. The smallest absolute Gasteiger partial charge is 0.258 e. The van der Waals surface area contributed by atoms with Crippen LogP contribution in [0.1, 0.15) is 5.69 Å². The lowest BCUT2D eigenvalue weighted by atomic mass is 10.2. The molecule has 0 amide bonds. The summed E-state index contributed by atoms with van der Waals surface area (Å²) in [7, 11) is 0. The summed E-state index contributed by atoms with van der Waals surface area (Å²) in [5.41, 5.74) is 0.300. The maximum Gasteiger partial charge on any atom is 0.304 e. The Balaban J connectivity index is 2.40. The molecule has 0 N–H and O–H groups in total. The zero-order chi connectivity index (χ0) is 12.4. The first-order valence-electron chi connectivity index (χ1n) is 4.53. The number of benzene rings is 1. The van der Waals surface area contributed by atoms with E-state index in [1.54, 1.807) is 0 Å². The molecule has 0 aliphatic heterocycles. The van der Waals surface area contributed by atoms with Gasteiger partial charge >= 0.3 is 5.69 Å². The maximum atomic E-state index is 13.3. The van der Waals surface area contributed by atoms with Gasteiger partial charge in [-0.25, -0.2) is 4.68 Å². The molecule has 2 aromatic rings. The van der Waals surface area contributed by atoms with Gasteiger partial charge in [-0.05, 0) is 6.07 Å². The predicted octanol–water partition coefficient (Wildman–Crippen LogP) is 2.05. The van der Waals surface area contributed by atoms with Crippen LogP contribution in [0.3, 0.4) is 0 Å². The van der Waals surface area contributed by atoms with Gasteiger partial charge in [0.05, 0.1) is 28.4 Å². The molecule has 8 heteroatoms. The largest absolute Gasteiger partial charge is 0.304 e. The van der Waals surface area contributed by atoms with Gasteiger partial charge in [0.2, 0.25) is 5.82 Å². The molecule has 0 saturated carbocycles. The van der Waals surface area contributed by atoms with Gasteiger partial charge in [0.25, 0.3) is 0 Å². The van der Waals surface area contributed by atoms with Crippen molar-refractivity contribution in [2.24, 2.45) is 0 Å². The van der Waals surface area contributed by atoms with Crippen molar-refractivity contribution in [3.63, 3.8) is 0 Å². The third kappa shape index (κ3) is 2.23. The number of aromatic nitrogens is 3. The number of nitro benzene ring substituents is 1. The van der Waals surface area contributed by atoms with E-state index in [0.717, 1.165) is 12.1 Å². The molecule has 0 aliphatic carbocycles. The van der Waals surface area contributed by atoms with Crippen LogP contribution in [-0.2, 0) is 5.88 Å². The molecule has 0 saturated heterocycles. The van der Waals surface area contributed by atoms with Crippen molar-refractivity contribution in [3.05, 3.63) is 46.0 Å². The SMILES string of the molecule is O=[N+]([O-])c1ccc(-n2cc(CCl)nn2)cc1F. The van der Waals surface area contributed by atoms with Gasteiger partial charge in [0, 0.05) is 12.1 Å². The Bertz CT molecular complexity index is 572. The van der Waals surface area contributed by atoms with E-state index >= 15 is 0 Å². The number of hydrogen-bond acceptors (Lipinski definition) is 4. The van der Waals surface area contributed by atoms with E-state index in [1.807, 2.05) is 0 Å². The first-order chi connectivity index (χ1) is 8.11. The summed E-state index contributed by atoms with van der Waals surface area (Å²) in [5, 5.41) is 17.9. The molecular weight excluding hydrogens is 251 g/mol. The van der Waals surface area contributed by atoms with Crippen molar-refractivity contribution >= 4 is 17.3 Å². The molecule has 17 heavy (non-hydrogen) atoms. The zero-order valence-electron chi connectivity index (χ0n) is 8.38. The Morgan fingerprint density at radius 3 is 2.82 bits per heavy atom. The summed E-state index contributed by atoms with van der Waals surface area (Å²) in [6.07, 6.45) is 1.52. The summed E-state index contributed by atoms with van der Waals surface area (Å²) in [6, 6.07) is 3.48. The van der Waals surface area contributed by atoms with Gasteiger partial charge in [-0.3, -0.25) is 10.1 Å². The van der Waals surface area contributed by atoms with Crippen LogP contribution in [-0.4, -0.2) is 19.9 Å². The molecule has 88 valence electrons. The molecule has 0 aliphatic rings. The van der Waals surface area contributed by atoms with Crippen LogP contribution in [0.2, 0.25) is 0 Å². The lowest BCUT2D eigenvalue weighted by Crippen LogP contribution is -1.98. The van der Waals surface area contributed by atoms with E-state index in [-0.39, 0.29) is 5.88 Å². The molecule has 0 spiro atoms. The van der Waals surface area contributed by atoms with Gasteiger partial charge < -0.3 is 0 Å². The van der Waals surface area contributed by atoms with E-state index in [0.29, 0.717) is 11.4 Å². The van der Waals surface area contributed by atoms with Crippen molar-refractivity contribution in [2.75, 3.05) is 0 Å². The van der Waals surface area contributed by atoms with Crippen LogP contribution >= 0.6 is 11.6 Å². The molecule has 6 nitrogen and oxygen atoms in total. The highest BCUT2D eigenvalue weighted by Gasteiger charge is 2.14. The van der Waals surface area contributed by atoms with E-state index in [9.17, 15) is 14.5 Å². The maximum absolute atomic E-state index is 13.3. The predicted molar refractivity (Wildman–Crippen MR) is 57.5 cm³/mol. The monoisotopic (exact) mass is 256 g/mol. The number of nitro groups is 1. The van der Waals surface area contributed by atoms with Crippen LogP contribution in [0.4, 0.5) is 10.1 Å². The molecule has 1 aromatic carbocycles. The molecule has 0 fully saturated rings. The van der Waals surface area contributed by atoms with Crippen molar-refractivity contribution in [3.8, 4) is 5.69 Å². The molecule has 2 rings (SSSR count). The van der Waals surface area contributed by atoms with E-state index in [4.69, 9.17) is 11.6 Å². The van der Waals surface area contributed by atoms with E-state index in [1.165, 1.54) is 16.9 Å². The van der Waals surface area contributed by atoms with Crippen molar-refractivity contribution < 1.29 is 9.31 Å². The number of alkyl halides is 1. The average Bonchev–Trinajstić information content (AvgIpc) is 2.76. The number of rotatable bonds is 3. The van der Waals surface area contributed by atoms with Crippen molar-refractivity contribution in [1.82, 2.24) is 15.0 Å². The Hall–Kier alpha value is -2.02. The highest BCUT2D eigenvalue weighted by atomic mass is 35.5. The third-order valence-electron chi connectivity index (χ3n) is 2.07. The Morgan fingerprint density at radius 1 is 1.53 bits per heavy atom. The molecule has 1 aromatic heterocycles. The summed E-state index contributed by atoms with van der Waals surface area (Å²) >= 11 is 5.55. The fourth-order valence-corrected chi connectivity index (χ4v) is 1.39. The number of nitrogens with zero attached hydrogens (tertiary/aromatic N) is 4. The third-order valence-corrected chi connectivity index (χ3v) is 2.34. The fourth-order valence-electron chi connectivity index (χ4n) is 1.27. The second-order valence-electron chi connectivity index (χ2n) is 3.18. The van der Waals surface area contributed by atoms with Gasteiger partial charge in [-0.1, -0.05) is 5.21 Å². The number of hydrogen-bond donors (Lipinski definition) is 0. The van der Waals surface area contributed by atoms with E-state index < -0.39 is 16.4 Å². The second-order valence-corrected chi connectivity index (χ2v) is 3.45. The normalized spacial score (nSPS) is 10.5. The highest BCUT2D eigenvalue weighted by Crippen LogP contribution is 2.19. The van der Waals surface area contributed by atoms with Gasteiger partial charge in [0.15, 0.2) is 0 Å². The van der Waals surface area contributed by atoms with Gasteiger partial charge in [0.1, 0.15) is 0 Å². The second kappa shape index (κ2) is 4.46. The van der Waals surface area contributed by atoms with Gasteiger partial charge in [-0.2, -0.15) is 4.39 Å². The molecule has 0 bridgehead atoms. The average molecular weight is 257 g/mol. The topological polar surface area (TPSA) is 73.8 Å². The zero-order valence-corrected chi connectivity index (χ0v) is 9.13. The Labute approximate surface area is 99.8 Å². The first kappa shape index (κ1) is 11.5. The summed E-state index contributed by atoms with van der Waals surface area (Å²) in [6.45, 7) is 0. The van der Waals surface area contributed by atoms with Crippen LogP contribution in [0.15, 0.2) is 24.4 Å².